The molecule has 0 saturated carbocycles. The number of carbonyl (C=O) groups is 1. The molecule has 0 bridgehead atoms. The highest BCUT2D eigenvalue weighted by molar-refractivity contribution is 5.94. The van der Waals surface area contributed by atoms with Crippen LogP contribution in [0, 0.1) is 5.82 Å². The summed E-state index contributed by atoms with van der Waals surface area (Å²) in [5.41, 5.74) is 1.39. The van der Waals surface area contributed by atoms with Crippen molar-refractivity contribution in [1.82, 2.24) is 5.32 Å². The molecule has 0 heterocycles. The van der Waals surface area contributed by atoms with Gasteiger partial charge in [-0.1, -0.05) is 12.1 Å². The van der Waals surface area contributed by atoms with E-state index in [1.165, 1.54) is 18.2 Å². The summed E-state index contributed by atoms with van der Waals surface area (Å²) in [6.45, 7) is 3.07. The van der Waals surface area contributed by atoms with E-state index in [9.17, 15) is 9.18 Å². The fraction of sp³-hybridized carbons (Fsp3) is 0.400. The minimum atomic E-state index is -0.323. The van der Waals surface area contributed by atoms with Gasteiger partial charge >= 0.3 is 0 Å². The smallest absolute Gasteiger partial charge is 0.244 e. The molecule has 1 rings (SSSR count). The summed E-state index contributed by atoms with van der Waals surface area (Å²) in [6.07, 6.45) is 2.13. The Balaban J connectivity index is 2.35. The minimum Gasteiger partial charge on any atom is -0.394 e. The average Bonchev–Trinajstić information content (AvgIpc) is 2.42. The van der Waals surface area contributed by atoms with Gasteiger partial charge in [0, 0.05) is 19.2 Å². The van der Waals surface area contributed by atoms with Gasteiger partial charge in [-0.25, -0.2) is 4.39 Å². The number of rotatable bonds is 8. The zero-order valence-corrected chi connectivity index (χ0v) is 11.6. The molecule has 1 aromatic carbocycles. The lowest BCUT2D eigenvalue weighted by molar-refractivity contribution is -0.116. The quantitative estimate of drug-likeness (QED) is 0.564. The van der Waals surface area contributed by atoms with Gasteiger partial charge in [0.25, 0.3) is 0 Å². The summed E-state index contributed by atoms with van der Waals surface area (Å²) in [7, 11) is 0. The molecule has 4 nitrogen and oxygen atoms in total. The van der Waals surface area contributed by atoms with Crippen molar-refractivity contribution < 1.29 is 19.0 Å². The fourth-order valence-corrected chi connectivity index (χ4v) is 1.62. The molecule has 0 unspecified atom stereocenters. The van der Waals surface area contributed by atoms with Crippen LogP contribution in [-0.4, -0.2) is 37.4 Å². The number of ether oxygens (including phenoxy) is 1. The van der Waals surface area contributed by atoms with Gasteiger partial charge in [-0.05, 0) is 36.6 Å². The number of aliphatic hydroxyl groups excluding tert-OH is 1. The maximum absolute atomic E-state index is 13.1. The van der Waals surface area contributed by atoms with Gasteiger partial charge in [-0.3, -0.25) is 4.79 Å². The van der Waals surface area contributed by atoms with Crippen LogP contribution < -0.4 is 5.32 Å². The van der Waals surface area contributed by atoms with Crippen LogP contribution in [0.5, 0.6) is 0 Å². The number of amides is 1. The van der Waals surface area contributed by atoms with E-state index in [4.69, 9.17) is 9.84 Å². The predicted molar refractivity (Wildman–Crippen MR) is 75.6 cm³/mol. The van der Waals surface area contributed by atoms with E-state index in [0.717, 1.165) is 0 Å². The molecule has 2 N–H and O–H groups in total. The van der Waals surface area contributed by atoms with Crippen LogP contribution in [0.25, 0.3) is 5.57 Å². The van der Waals surface area contributed by atoms with Crippen molar-refractivity contribution in [2.45, 2.75) is 13.3 Å². The monoisotopic (exact) mass is 281 g/mol. The number of aliphatic hydroxyl groups is 1. The number of nitrogens with one attached hydrogen (secondary N) is 1. The molecule has 5 heteroatoms. The lowest BCUT2D eigenvalue weighted by atomic mass is 10.1. The maximum atomic E-state index is 13.1. The van der Waals surface area contributed by atoms with Crippen LogP contribution in [0.3, 0.4) is 0 Å². The number of allylic oxidation sites excluding steroid dienone is 1. The van der Waals surface area contributed by atoms with Gasteiger partial charge in [-0.2, -0.15) is 0 Å². The molecule has 0 saturated heterocycles. The molecule has 1 aromatic rings. The number of halogens is 1. The molecule has 20 heavy (non-hydrogen) atoms. The zero-order chi connectivity index (χ0) is 14.8. The molecule has 110 valence electrons. The summed E-state index contributed by atoms with van der Waals surface area (Å²) >= 11 is 0. The van der Waals surface area contributed by atoms with Crippen molar-refractivity contribution in [2.75, 3.05) is 26.4 Å². The van der Waals surface area contributed by atoms with Crippen molar-refractivity contribution in [1.29, 1.82) is 0 Å². The number of carbonyl (C=O) groups excluding carboxylic acids is 1. The molecule has 0 spiro atoms. The third kappa shape index (κ3) is 6.45. The van der Waals surface area contributed by atoms with Crippen molar-refractivity contribution in [3.63, 3.8) is 0 Å². The van der Waals surface area contributed by atoms with Gasteiger partial charge in [0.2, 0.25) is 5.91 Å². The van der Waals surface area contributed by atoms with Crippen LogP contribution >= 0.6 is 0 Å². The minimum absolute atomic E-state index is 0.00191. The highest BCUT2D eigenvalue weighted by Crippen LogP contribution is 2.14. The summed E-state index contributed by atoms with van der Waals surface area (Å²) in [5, 5.41) is 11.2. The lowest BCUT2D eigenvalue weighted by Crippen LogP contribution is -2.23. The summed E-state index contributed by atoms with van der Waals surface area (Å²) in [4.78, 5) is 11.6. The van der Waals surface area contributed by atoms with Crippen LogP contribution in [0.4, 0.5) is 4.39 Å². The summed E-state index contributed by atoms with van der Waals surface area (Å²) < 4.78 is 18.1. The third-order valence-corrected chi connectivity index (χ3v) is 2.63. The van der Waals surface area contributed by atoms with Gasteiger partial charge < -0.3 is 15.2 Å². The Morgan fingerprint density at radius 2 is 2.25 bits per heavy atom. The average molecular weight is 281 g/mol. The normalized spacial score (nSPS) is 11.4. The van der Waals surface area contributed by atoms with Crippen LogP contribution in [0.15, 0.2) is 30.3 Å². The Hall–Kier alpha value is -1.72. The van der Waals surface area contributed by atoms with Gasteiger partial charge in [0.15, 0.2) is 0 Å². The van der Waals surface area contributed by atoms with Crippen molar-refractivity contribution >= 4 is 11.5 Å². The van der Waals surface area contributed by atoms with E-state index in [1.54, 1.807) is 19.1 Å². The third-order valence-electron chi connectivity index (χ3n) is 2.63. The summed E-state index contributed by atoms with van der Waals surface area (Å²) in [6, 6.07) is 6.12. The Bertz CT molecular complexity index is 460. The molecule has 1 amide bonds. The SMILES string of the molecule is C/C(=C/C(=O)NCCCOCCO)c1cccc(F)c1. The number of hydrogen-bond acceptors (Lipinski definition) is 3. The first kappa shape index (κ1) is 16.3. The van der Waals surface area contributed by atoms with Crippen LogP contribution in [0.1, 0.15) is 18.9 Å². The summed E-state index contributed by atoms with van der Waals surface area (Å²) in [5.74, 6) is -0.536. The Morgan fingerprint density at radius 1 is 1.45 bits per heavy atom. The van der Waals surface area contributed by atoms with E-state index in [2.05, 4.69) is 5.32 Å². The Morgan fingerprint density at radius 3 is 2.95 bits per heavy atom. The van der Waals surface area contributed by atoms with E-state index in [0.29, 0.717) is 37.3 Å². The number of benzene rings is 1. The zero-order valence-electron chi connectivity index (χ0n) is 11.6. The Labute approximate surface area is 118 Å². The fourth-order valence-electron chi connectivity index (χ4n) is 1.62. The van der Waals surface area contributed by atoms with Crippen molar-refractivity contribution in [3.05, 3.63) is 41.7 Å². The molecule has 0 radical (unpaired) electrons. The van der Waals surface area contributed by atoms with Gasteiger partial charge in [0.05, 0.1) is 13.2 Å². The van der Waals surface area contributed by atoms with Crippen LogP contribution in [-0.2, 0) is 9.53 Å². The van der Waals surface area contributed by atoms with E-state index in [-0.39, 0.29) is 18.3 Å². The largest absolute Gasteiger partial charge is 0.394 e. The molecule has 0 aromatic heterocycles. The highest BCUT2D eigenvalue weighted by atomic mass is 19.1. The second-order valence-electron chi connectivity index (χ2n) is 4.32. The van der Waals surface area contributed by atoms with Crippen LogP contribution in [0.2, 0.25) is 0 Å². The lowest BCUT2D eigenvalue weighted by Gasteiger charge is -2.05. The topological polar surface area (TPSA) is 58.6 Å². The highest BCUT2D eigenvalue weighted by Gasteiger charge is 2.01. The van der Waals surface area contributed by atoms with Gasteiger partial charge in [-0.15, -0.1) is 0 Å². The first-order valence-electron chi connectivity index (χ1n) is 6.54. The molecule has 0 fully saturated rings. The first-order chi connectivity index (χ1) is 9.63. The maximum Gasteiger partial charge on any atom is 0.244 e. The molecule has 0 atom stereocenters. The molecule has 0 aliphatic heterocycles. The first-order valence-corrected chi connectivity index (χ1v) is 6.54. The second-order valence-corrected chi connectivity index (χ2v) is 4.32. The van der Waals surface area contributed by atoms with Crippen molar-refractivity contribution in [3.8, 4) is 0 Å². The second kappa shape index (κ2) is 9.23. The predicted octanol–water partition coefficient (Wildman–Crippen LogP) is 1.74. The molecular weight excluding hydrogens is 261 g/mol. The van der Waals surface area contributed by atoms with E-state index >= 15 is 0 Å². The molecular formula is C15H20FNO3. The Kier molecular flexibility index (Phi) is 7.54. The van der Waals surface area contributed by atoms with Gasteiger partial charge in [0.1, 0.15) is 5.82 Å². The molecule has 0 aliphatic rings. The van der Waals surface area contributed by atoms with E-state index in [1.807, 2.05) is 0 Å². The number of hydrogen-bond donors (Lipinski definition) is 2. The molecule has 0 aliphatic carbocycles. The van der Waals surface area contributed by atoms with E-state index < -0.39 is 0 Å². The standard InChI is InChI=1S/C15H20FNO3/c1-12(13-4-2-5-14(16)11-13)10-15(19)17-6-3-8-20-9-7-18/h2,4-5,10-11,18H,3,6-9H2,1H3,(H,17,19)/b12-10-. The van der Waals surface area contributed by atoms with Crippen molar-refractivity contribution in [2.24, 2.45) is 0 Å².